The molecule has 1 fully saturated rings. The average Bonchev–Trinajstić information content (AvgIpc) is 3.08. The fraction of sp³-hybridized carbons (Fsp3) is 0.278. The summed E-state index contributed by atoms with van der Waals surface area (Å²) in [5.74, 6) is -0.0453. The van der Waals surface area contributed by atoms with Crippen molar-refractivity contribution in [3.05, 3.63) is 63.6 Å². The molecule has 1 aliphatic rings. The van der Waals surface area contributed by atoms with Crippen LogP contribution in [0.15, 0.2) is 57.9 Å². The van der Waals surface area contributed by atoms with Gasteiger partial charge in [0, 0.05) is 22.6 Å². The molecule has 0 radical (unpaired) electrons. The number of hydrogen-bond acceptors (Lipinski definition) is 3. The Kier molecular flexibility index (Phi) is 5.51. The molecular weight excluding hydrogens is 426 g/mol. The van der Waals surface area contributed by atoms with Crippen LogP contribution >= 0.6 is 27.5 Å². The molecule has 1 saturated heterocycles. The van der Waals surface area contributed by atoms with E-state index < -0.39 is 15.1 Å². The van der Waals surface area contributed by atoms with Crippen LogP contribution in [0.4, 0.5) is 0 Å². The quantitative estimate of drug-likeness (QED) is 0.725. The van der Waals surface area contributed by atoms with Crippen molar-refractivity contribution in [2.45, 2.75) is 23.0 Å². The molecule has 2 aromatic rings. The van der Waals surface area contributed by atoms with Crippen molar-refractivity contribution in [2.75, 3.05) is 13.1 Å². The van der Waals surface area contributed by atoms with Crippen molar-refractivity contribution in [2.24, 2.45) is 0 Å². The molecule has 0 bridgehead atoms. The van der Waals surface area contributed by atoms with Gasteiger partial charge in [0.1, 0.15) is 0 Å². The van der Waals surface area contributed by atoms with Crippen molar-refractivity contribution in [1.29, 1.82) is 0 Å². The minimum Gasteiger partial charge on any atom is -0.341 e. The molecule has 0 unspecified atom stereocenters. The Hall–Kier alpha value is -1.37. The van der Waals surface area contributed by atoms with E-state index in [0.717, 1.165) is 10.0 Å². The maximum atomic E-state index is 12.7. The third-order valence-electron chi connectivity index (χ3n) is 4.35. The van der Waals surface area contributed by atoms with Gasteiger partial charge in [-0.25, -0.2) is 8.42 Å². The summed E-state index contributed by atoms with van der Waals surface area (Å²) < 4.78 is 26.4. The molecular formula is C18H17BrClNO3S. The molecule has 0 spiro atoms. The maximum Gasteiger partial charge on any atom is 0.227 e. The first-order valence-corrected chi connectivity index (χ1v) is 10.6. The van der Waals surface area contributed by atoms with Crippen LogP contribution in [0.1, 0.15) is 12.0 Å². The number of benzene rings is 2. The van der Waals surface area contributed by atoms with E-state index in [1.807, 2.05) is 24.3 Å². The Morgan fingerprint density at radius 1 is 1.12 bits per heavy atom. The summed E-state index contributed by atoms with van der Waals surface area (Å²) >= 11 is 9.19. The van der Waals surface area contributed by atoms with E-state index in [4.69, 9.17) is 11.6 Å². The molecule has 1 heterocycles. The number of nitrogens with zero attached hydrogens (tertiary/aromatic N) is 1. The van der Waals surface area contributed by atoms with Gasteiger partial charge in [-0.1, -0.05) is 39.7 Å². The van der Waals surface area contributed by atoms with Gasteiger partial charge in [0.2, 0.25) is 5.91 Å². The number of carbonyl (C=O) groups excluding carboxylic acids is 1. The van der Waals surface area contributed by atoms with E-state index in [1.54, 1.807) is 17.0 Å². The van der Waals surface area contributed by atoms with Crippen LogP contribution in [0.2, 0.25) is 5.02 Å². The zero-order valence-electron chi connectivity index (χ0n) is 13.4. The molecule has 4 nitrogen and oxygen atoms in total. The summed E-state index contributed by atoms with van der Waals surface area (Å²) in [6, 6.07) is 13.7. The second-order valence-electron chi connectivity index (χ2n) is 6.05. The summed E-state index contributed by atoms with van der Waals surface area (Å²) in [5.41, 5.74) is 0.914. The van der Waals surface area contributed by atoms with Gasteiger partial charge in [0.25, 0.3) is 0 Å². The van der Waals surface area contributed by atoms with Crippen LogP contribution in [-0.4, -0.2) is 37.6 Å². The standard InChI is InChI=1S/C18H17BrClNO3S/c19-14-3-1-13(2-4-14)11-18(22)21-10-9-17(12-21)25(23,24)16-7-5-15(20)6-8-16/h1-8,17H,9-12H2/t17-/m1/s1. The van der Waals surface area contributed by atoms with Crippen LogP contribution in [0.5, 0.6) is 0 Å². The lowest BCUT2D eigenvalue weighted by atomic mass is 10.1. The Morgan fingerprint density at radius 3 is 2.40 bits per heavy atom. The lowest BCUT2D eigenvalue weighted by Gasteiger charge is -2.17. The summed E-state index contributed by atoms with van der Waals surface area (Å²) in [4.78, 5) is 14.3. The van der Waals surface area contributed by atoms with E-state index in [0.29, 0.717) is 18.0 Å². The molecule has 132 valence electrons. The highest BCUT2D eigenvalue weighted by molar-refractivity contribution is 9.10. The third kappa shape index (κ3) is 4.25. The zero-order chi connectivity index (χ0) is 18.0. The van der Waals surface area contributed by atoms with E-state index in [-0.39, 0.29) is 23.8 Å². The number of amides is 1. The fourth-order valence-corrected chi connectivity index (χ4v) is 5.00. The van der Waals surface area contributed by atoms with E-state index in [2.05, 4.69) is 15.9 Å². The van der Waals surface area contributed by atoms with Gasteiger partial charge in [-0.3, -0.25) is 4.79 Å². The number of rotatable bonds is 4. The summed E-state index contributed by atoms with van der Waals surface area (Å²) in [5, 5.41) is -0.0702. The number of halogens is 2. The van der Waals surface area contributed by atoms with Gasteiger partial charge in [0.15, 0.2) is 9.84 Å². The zero-order valence-corrected chi connectivity index (χ0v) is 16.5. The van der Waals surface area contributed by atoms with Gasteiger partial charge >= 0.3 is 0 Å². The molecule has 0 aromatic heterocycles. The molecule has 2 aromatic carbocycles. The number of likely N-dealkylation sites (tertiary alicyclic amines) is 1. The Morgan fingerprint density at radius 2 is 1.76 bits per heavy atom. The highest BCUT2D eigenvalue weighted by Gasteiger charge is 2.35. The van der Waals surface area contributed by atoms with Crippen molar-refractivity contribution in [3.8, 4) is 0 Å². The molecule has 25 heavy (non-hydrogen) atoms. The van der Waals surface area contributed by atoms with Crippen LogP contribution in [0.3, 0.4) is 0 Å². The Bertz CT molecular complexity index is 866. The predicted molar refractivity (Wildman–Crippen MR) is 101 cm³/mol. The molecule has 1 amide bonds. The molecule has 3 rings (SSSR count). The largest absolute Gasteiger partial charge is 0.341 e. The monoisotopic (exact) mass is 441 g/mol. The van der Waals surface area contributed by atoms with Crippen molar-refractivity contribution < 1.29 is 13.2 Å². The average molecular weight is 443 g/mol. The smallest absolute Gasteiger partial charge is 0.227 e. The first-order valence-electron chi connectivity index (χ1n) is 7.88. The predicted octanol–water partition coefficient (Wildman–Crippen LogP) is 3.72. The summed E-state index contributed by atoms with van der Waals surface area (Å²) in [6.45, 7) is 0.702. The minimum atomic E-state index is -3.46. The lowest BCUT2D eigenvalue weighted by molar-refractivity contribution is -0.129. The second kappa shape index (κ2) is 7.48. The van der Waals surface area contributed by atoms with E-state index >= 15 is 0 Å². The lowest BCUT2D eigenvalue weighted by Crippen LogP contribution is -2.32. The van der Waals surface area contributed by atoms with Gasteiger partial charge in [-0.05, 0) is 48.4 Å². The van der Waals surface area contributed by atoms with Crippen LogP contribution in [0, 0.1) is 0 Å². The summed E-state index contributed by atoms with van der Waals surface area (Å²) in [7, 11) is -3.46. The molecule has 0 aliphatic carbocycles. The van der Waals surface area contributed by atoms with Gasteiger partial charge < -0.3 is 4.90 Å². The Labute approximate surface area is 160 Å². The summed E-state index contributed by atoms with van der Waals surface area (Å²) in [6.07, 6.45) is 0.734. The first-order chi connectivity index (χ1) is 11.9. The molecule has 0 N–H and O–H groups in total. The number of carbonyl (C=O) groups is 1. The number of hydrogen-bond donors (Lipinski definition) is 0. The van der Waals surface area contributed by atoms with Crippen LogP contribution < -0.4 is 0 Å². The van der Waals surface area contributed by atoms with Crippen LogP contribution in [0.25, 0.3) is 0 Å². The third-order valence-corrected chi connectivity index (χ3v) is 7.32. The van der Waals surface area contributed by atoms with Crippen LogP contribution in [-0.2, 0) is 21.1 Å². The Balaban J connectivity index is 1.67. The molecule has 1 aliphatic heterocycles. The van der Waals surface area contributed by atoms with Crippen molar-refractivity contribution >= 4 is 43.3 Å². The van der Waals surface area contributed by atoms with Gasteiger partial charge in [-0.15, -0.1) is 0 Å². The van der Waals surface area contributed by atoms with Gasteiger partial charge in [-0.2, -0.15) is 0 Å². The molecule has 0 saturated carbocycles. The topological polar surface area (TPSA) is 54.5 Å². The highest BCUT2D eigenvalue weighted by atomic mass is 79.9. The molecule has 7 heteroatoms. The minimum absolute atomic E-state index is 0.0453. The SMILES string of the molecule is O=C(Cc1ccc(Br)cc1)N1CC[C@@H](S(=O)(=O)c2ccc(Cl)cc2)C1. The van der Waals surface area contributed by atoms with E-state index in [1.165, 1.54) is 12.1 Å². The second-order valence-corrected chi connectivity index (χ2v) is 9.63. The first kappa shape index (κ1) is 18.4. The number of sulfone groups is 1. The normalized spacial score (nSPS) is 17.7. The fourth-order valence-electron chi connectivity index (χ4n) is 2.91. The van der Waals surface area contributed by atoms with Crippen molar-refractivity contribution in [3.63, 3.8) is 0 Å². The van der Waals surface area contributed by atoms with Gasteiger partial charge in [0.05, 0.1) is 16.6 Å². The molecule has 1 atom stereocenters. The van der Waals surface area contributed by atoms with E-state index in [9.17, 15) is 13.2 Å². The highest BCUT2D eigenvalue weighted by Crippen LogP contribution is 2.25. The maximum absolute atomic E-state index is 12.7. The van der Waals surface area contributed by atoms with Crippen molar-refractivity contribution in [1.82, 2.24) is 4.90 Å².